The lowest BCUT2D eigenvalue weighted by Crippen LogP contribution is -2.73. The molecule has 0 amide bonds. The maximum Gasteiger partial charge on any atom is 0.447 e. The Morgan fingerprint density at radius 1 is 0.727 bits per heavy atom. The topological polar surface area (TPSA) is 12.5 Å². The SMILES string of the molecule is F/C(=C(/F)C(F)(F)F)N1C(F)(F)C(F)(F)OC(F)(F)C1(F)F. The van der Waals surface area contributed by atoms with Crippen molar-refractivity contribution in [2.45, 2.75) is 30.5 Å². The van der Waals surface area contributed by atoms with Crippen LogP contribution in [0.2, 0.25) is 0 Å². The van der Waals surface area contributed by atoms with Gasteiger partial charge in [-0.1, -0.05) is 0 Å². The first kappa shape index (κ1) is 18.6. The minimum absolute atomic E-state index is 1.84. The molecule has 130 valence electrons. The lowest BCUT2D eigenvalue weighted by Gasteiger charge is -2.47. The fraction of sp³-hybridized carbons (Fsp3) is 0.714. The van der Waals surface area contributed by atoms with Gasteiger partial charge in [0.15, 0.2) is 0 Å². The summed E-state index contributed by atoms with van der Waals surface area (Å²) < 4.78 is 164. The van der Waals surface area contributed by atoms with Gasteiger partial charge in [0.05, 0.1) is 0 Å². The summed E-state index contributed by atoms with van der Waals surface area (Å²) in [4.78, 5) is -3.31. The Balaban J connectivity index is 3.65. The number of nitrogens with zero attached hydrogens (tertiary/aromatic N) is 1. The Morgan fingerprint density at radius 2 is 1.05 bits per heavy atom. The van der Waals surface area contributed by atoms with Crippen LogP contribution < -0.4 is 0 Å². The molecule has 0 spiro atoms. The summed E-state index contributed by atoms with van der Waals surface area (Å²) in [7, 11) is 0. The molecule has 1 fully saturated rings. The van der Waals surface area contributed by atoms with Crippen molar-refractivity contribution in [3.8, 4) is 0 Å². The number of alkyl halides is 11. The fourth-order valence-electron chi connectivity index (χ4n) is 1.18. The highest BCUT2D eigenvalue weighted by molar-refractivity contribution is 5.12. The van der Waals surface area contributed by atoms with Crippen molar-refractivity contribution in [1.29, 1.82) is 0 Å². The Hall–Kier alpha value is -1.41. The van der Waals surface area contributed by atoms with Crippen LogP contribution in [-0.4, -0.2) is 35.4 Å². The Bertz CT molecular complexity index is 465. The highest BCUT2D eigenvalue weighted by atomic mass is 19.4. The quantitative estimate of drug-likeness (QED) is 0.508. The minimum Gasteiger partial charge on any atom is -0.242 e. The maximum absolute atomic E-state index is 12.9. The lowest BCUT2D eigenvalue weighted by molar-refractivity contribution is -0.559. The highest BCUT2D eigenvalue weighted by Crippen LogP contribution is 2.57. The first-order valence-corrected chi connectivity index (χ1v) is 4.54. The molecule has 15 heteroatoms. The molecule has 0 saturated carbocycles. The van der Waals surface area contributed by atoms with E-state index in [9.17, 15) is 57.1 Å². The largest absolute Gasteiger partial charge is 0.447 e. The van der Waals surface area contributed by atoms with Gasteiger partial charge in [-0.25, -0.2) is 9.64 Å². The number of halogens is 13. The van der Waals surface area contributed by atoms with Gasteiger partial charge in [0.25, 0.3) is 5.83 Å². The number of hydrogen-bond donors (Lipinski definition) is 0. The second-order valence-corrected chi connectivity index (χ2v) is 3.66. The van der Waals surface area contributed by atoms with Crippen LogP contribution in [-0.2, 0) is 4.74 Å². The standard InChI is InChI=1S/C7F13NO/c8-1(3(10,11)12)2(9)21-4(13,14)6(17,18)22-7(19,20)5(21,15)16/b2-1-. The minimum atomic E-state index is -6.77. The molecule has 0 aromatic carbocycles. The van der Waals surface area contributed by atoms with Crippen molar-refractivity contribution < 1.29 is 61.8 Å². The van der Waals surface area contributed by atoms with E-state index in [0.717, 1.165) is 0 Å². The van der Waals surface area contributed by atoms with Crippen molar-refractivity contribution in [3.63, 3.8) is 0 Å². The van der Waals surface area contributed by atoms with Crippen LogP contribution in [0, 0.1) is 0 Å². The molecule has 0 radical (unpaired) electrons. The number of rotatable bonds is 1. The summed E-state index contributed by atoms with van der Waals surface area (Å²) in [6.45, 7) is 0. The molecule has 0 aromatic rings. The molecular weight excluding hydrogens is 361 g/mol. The van der Waals surface area contributed by atoms with Gasteiger partial charge in [-0.15, -0.1) is 0 Å². The van der Waals surface area contributed by atoms with Crippen LogP contribution in [0.3, 0.4) is 0 Å². The van der Waals surface area contributed by atoms with Gasteiger partial charge in [0, 0.05) is 0 Å². The molecule has 1 rings (SSSR count). The van der Waals surface area contributed by atoms with E-state index in [0.29, 0.717) is 0 Å². The normalized spacial score (nSPS) is 27.4. The van der Waals surface area contributed by atoms with Crippen molar-refractivity contribution in [3.05, 3.63) is 11.8 Å². The summed E-state index contributed by atoms with van der Waals surface area (Å²) in [5.74, 6) is -8.72. The van der Waals surface area contributed by atoms with Gasteiger partial charge in [-0.05, 0) is 0 Å². The smallest absolute Gasteiger partial charge is 0.242 e. The van der Waals surface area contributed by atoms with Crippen LogP contribution in [0.4, 0.5) is 57.1 Å². The number of morpholine rings is 1. The average molecular weight is 361 g/mol. The zero-order valence-electron chi connectivity index (χ0n) is 9.27. The van der Waals surface area contributed by atoms with E-state index in [2.05, 4.69) is 0 Å². The molecule has 0 N–H and O–H groups in total. The number of hydrogen-bond acceptors (Lipinski definition) is 2. The third-order valence-corrected chi connectivity index (χ3v) is 2.14. The zero-order valence-corrected chi connectivity index (χ0v) is 9.27. The average Bonchev–Trinajstić information content (AvgIpc) is 2.22. The van der Waals surface area contributed by atoms with Crippen LogP contribution in [0.5, 0.6) is 0 Å². The predicted molar refractivity (Wildman–Crippen MR) is 38.0 cm³/mol. The van der Waals surface area contributed by atoms with Gasteiger partial charge in [0.1, 0.15) is 0 Å². The Kier molecular flexibility index (Phi) is 3.85. The maximum atomic E-state index is 12.9. The molecule has 2 nitrogen and oxygen atoms in total. The number of ether oxygens (including phenoxy) is 1. The molecular formula is C7F13NO. The first-order valence-electron chi connectivity index (χ1n) is 4.54. The molecule has 1 heterocycles. The summed E-state index contributed by atoms with van der Waals surface area (Å²) in [5, 5.41) is 0. The molecule has 1 aliphatic heterocycles. The zero-order chi connectivity index (χ0) is 17.9. The van der Waals surface area contributed by atoms with Crippen molar-refractivity contribution in [1.82, 2.24) is 4.90 Å². The molecule has 0 aliphatic carbocycles. The predicted octanol–water partition coefficient (Wildman–Crippen LogP) is 4.36. The molecule has 0 atom stereocenters. The third kappa shape index (κ3) is 2.44. The molecule has 22 heavy (non-hydrogen) atoms. The summed E-state index contributed by atoms with van der Waals surface area (Å²) >= 11 is 0. The fourth-order valence-corrected chi connectivity index (χ4v) is 1.18. The molecule has 0 aromatic heterocycles. The van der Waals surface area contributed by atoms with Crippen LogP contribution >= 0.6 is 0 Å². The van der Waals surface area contributed by atoms with Gasteiger partial charge >= 0.3 is 30.5 Å². The van der Waals surface area contributed by atoms with E-state index < -0.39 is 47.2 Å². The molecule has 1 saturated heterocycles. The van der Waals surface area contributed by atoms with Crippen molar-refractivity contribution in [2.24, 2.45) is 0 Å². The van der Waals surface area contributed by atoms with Gasteiger partial charge in [0.2, 0.25) is 5.95 Å². The Labute approximate surface area is 110 Å². The highest BCUT2D eigenvalue weighted by Gasteiger charge is 2.84. The first-order chi connectivity index (χ1) is 9.39. The second-order valence-electron chi connectivity index (χ2n) is 3.66. The van der Waals surface area contributed by atoms with Crippen LogP contribution in [0.1, 0.15) is 0 Å². The monoisotopic (exact) mass is 361 g/mol. The lowest BCUT2D eigenvalue weighted by atomic mass is 10.2. The van der Waals surface area contributed by atoms with Crippen LogP contribution in [0.15, 0.2) is 11.8 Å². The van der Waals surface area contributed by atoms with Crippen molar-refractivity contribution >= 4 is 0 Å². The van der Waals surface area contributed by atoms with Gasteiger partial charge in [-0.3, -0.25) is 0 Å². The van der Waals surface area contributed by atoms with E-state index in [1.807, 2.05) is 4.74 Å². The number of allylic oxidation sites excluding steroid dienone is 1. The summed E-state index contributed by atoms with van der Waals surface area (Å²) in [5.41, 5.74) is 0. The molecule has 0 unspecified atom stereocenters. The van der Waals surface area contributed by atoms with Gasteiger partial charge in [-0.2, -0.15) is 57.1 Å². The van der Waals surface area contributed by atoms with Gasteiger partial charge < -0.3 is 0 Å². The van der Waals surface area contributed by atoms with E-state index in [4.69, 9.17) is 0 Å². The van der Waals surface area contributed by atoms with E-state index in [1.54, 1.807) is 0 Å². The third-order valence-electron chi connectivity index (χ3n) is 2.14. The Morgan fingerprint density at radius 3 is 1.32 bits per heavy atom. The van der Waals surface area contributed by atoms with E-state index in [1.165, 1.54) is 0 Å². The molecule has 1 aliphatic rings. The molecule has 0 bridgehead atoms. The van der Waals surface area contributed by atoms with Crippen LogP contribution in [0.25, 0.3) is 0 Å². The van der Waals surface area contributed by atoms with Crippen molar-refractivity contribution in [2.75, 3.05) is 0 Å². The van der Waals surface area contributed by atoms with E-state index in [-0.39, 0.29) is 0 Å². The van der Waals surface area contributed by atoms with E-state index >= 15 is 0 Å². The summed E-state index contributed by atoms with van der Waals surface area (Å²) in [6.07, 6.45) is -19.7. The summed E-state index contributed by atoms with van der Waals surface area (Å²) in [6, 6.07) is -13.5. The second kappa shape index (κ2) is 4.55.